The Labute approximate surface area is 354 Å². The van der Waals surface area contributed by atoms with Crippen LogP contribution in [0, 0.1) is 35.5 Å². The van der Waals surface area contributed by atoms with E-state index in [1.54, 1.807) is 0 Å². The van der Waals surface area contributed by atoms with Crippen LogP contribution in [0.5, 0.6) is 0 Å². The monoisotopic (exact) mass is 836 g/mol. The van der Waals surface area contributed by atoms with Gasteiger partial charge in [-0.1, -0.05) is 83.1 Å². The Morgan fingerprint density at radius 3 is 1.10 bits per heavy atom. The van der Waals surface area contributed by atoms with E-state index in [1.165, 1.54) is 0 Å². The van der Waals surface area contributed by atoms with Gasteiger partial charge >= 0.3 is 0 Å². The third-order valence-electron chi connectivity index (χ3n) is 9.05. The third kappa shape index (κ3) is 43.8. The molecular formula is C43H93N7O8. The van der Waals surface area contributed by atoms with Crippen molar-refractivity contribution in [2.24, 2.45) is 47.0 Å². The normalized spacial score (nSPS) is 13.1. The van der Waals surface area contributed by atoms with E-state index in [2.05, 4.69) is 21.3 Å². The summed E-state index contributed by atoms with van der Waals surface area (Å²) < 4.78 is 0. The molecule has 348 valence electrons. The first-order valence-corrected chi connectivity index (χ1v) is 21.5. The number of nitrogens with zero attached hydrogens (tertiary/aromatic N) is 1. The van der Waals surface area contributed by atoms with Crippen molar-refractivity contribution in [2.45, 2.75) is 162 Å². The first kappa shape index (κ1) is 66.5. The van der Waals surface area contributed by atoms with E-state index in [1.807, 2.05) is 123 Å². The lowest BCUT2D eigenvalue weighted by molar-refractivity contribution is -0.134. The van der Waals surface area contributed by atoms with E-state index in [0.717, 1.165) is 51.6 Å². The van der Waals surface area contributed by atoms with Gasteiger partial charge in [-0.3, -0.25) is 28.8 Å². The van der Waals surface area contributed by atoms with Crippen molar-refractivity contribution in [3.63, 3.8) is 0 Å². The highest BCUT2D eigenvalue weighted by Gasteiger charge is 2.17. The van der Waals surface area contributed by atoms with E-state index in [-0.39, 0.29) is 89.8 Å². The Morgan fingerprint density at radius 2 is 0.862 bits per heavy atom. The average molecular weight is 836 g/mol. The van der Waals surface area contributed by atoms with Gasteiger partial charge in [0.05, 0.1) is 6.61 Å². The van der Waals surface area contributed by atoms with Gasteiger partial charge in [-0.25, -0.2) is 0 Å². The predicted molar refractivity (Wildman–Crippen MR) is 239 cm³/mol. The molecule has 0 rings (SSSR count). The van der Waals surface area contributed by atoms with Crippen molar-refractivity contribution < 1.29 is 39.0 Å². The van der Waals surface area contributed by atoms with E-state index < -0.39 is 0 Å². The van der Waals surface area contributed by atoms with Crippen molar-refractivity contribution in [1.82, 2.24) is 26.2 Å². The van der Waals surface area contributed by atoms with Crippen LogP contribution in [0.4, 0.5) is 0 Å². The summed E-state index contributed by atoms with van der Waals surface area (Å²) in [7, 11) is 0. The number of rotatable bonds is 19. The van der Waals surface area contributed by atoms with Crippen LogP contribution < -0.4 is 32.7 Å². The van der Waals surface area contributed by atoms with Gasteiger partial charge in [0.25, 0.3) is 0 Å². The maximum absolute atomic E-state index is 11.5. The summed E-state index contributed by atoms with van der Waals surface area (Å²) in [6.45, 7) is 36.2. The van der Waals surface area contributed by atoms with Gasteiger partial charge in [0.1, 0.15) is 6.73 Å². The predicted octanol–water partition coefficient (Wildman–Crippen LogP) is 4.71. The Morgan fingerprint density at radius 1 is 0.534 bits per heavy atom. The van der Waals surface area contributed by atoms with Crippen molar-refractivity contribution in [1.29, 1.82) is 0 Å². The number of hydrogen-bond acceptors (Lipinski definition) is 9. The lowest BCUT2D eigenvalue weighted by atomic mass is 10.0. The van der Waals surface area contributed by atoms with Gasteiger partial charge < -0.3 is 47.8 Å². The molecule has 0 aromatic carbocycles. The number of carbonyl (C=O) groups is 6. The molecule has 0 aromatic rings. The fourth-order valence-electron chi connectivity index (χ4n) is 3.43. The molecule has 0 aliphatic carbocycles. The van der Waals surface area contributed by atoms with Crippen LogP contribution in [-0.2, 0) is 28.8 Å². The van der Waals surface area contributed by atoms with Gasteiger partial charge in [-0.15, -0.1) is 0 Å². The molecule has 0 heterocycles. The van der Waals surface area contributed by atoms with E-state index in [0.29, 0.717) is 19.6 Å². The molecule has 10 N–H and O–H groups in total. The van der Waals surface area contributed by atoms with Crippen molar-refractivity contribution in [3.8, 4) is 0 Å². The number of aliphatic hydroxyl groups is 2. The Hall–Kier alpha value is -3.30. The largest absolute Gasteiger partial charge is 0.395 e. The molecule has 15 nitrogen and oxygen atoms in total. The highest BCUT2D eigenvalue weighted by molar-refractivity contribution is 5.80. The molecule has 0 aliphatic heterocycles. The van der Waals surface area contributed by atoms with Crippen LogP contribution in [0.15, 0.2) is 0 Å². The molecule has 0 bridgehead atoms. The summed E-state index contributed by atoms with van der Waals surface area (Å²) in [5, 5.41) is 27.2. The molecule has 58 heavy (non-hydrogen) atoms. The third-order valence-corrected chi connectivity index (χ3v) is 9.05. The van der Waals surface area contributed by atoms with E-state index in [9.17, 15) is 28.8 Å². The van der Waals surface area contributed by atoms with Crippen molar-refractivity contribution in [3.05, 3.63) is 0 Å². The number of primary amides is 1. The molecule has 0 fully saturated rings. The number of aliphatic hydroxyl groups excluding tert-OH is 2. The van der Waals surface area contributed by atoms with Crippen LogP contribution in [0.2, 0.25) is 0 Å². The number of carbonyl (C=O) groups excluding carboxylic acids is 6. The molecule has 0 aliphatic rings. The second-order valence-corrected chi connectivity index (χ2v) is 15.3. The highest BCUT2D eigenvalue weighted by atomic mass is 16.3. The fraction of sp³-hybridized carbons (Fsp3) is 0.860. The second kappa shape index (κ2) is 43.3. The zero-order valence-electron chi connectivity index (χ0n) is 40.1. The fourth-order valence-corrected chi connectivity index (χ4v) is 3.43. The van der Waals surface area contributed by atoms with Crippen LogP contribution in [-0.4, -0.2) is 102 Å². The molecule has 0 radical (unpaired) electrons. The smallest absolute Gasteiger partial charge is 0.225 e. The van der Waals surface area contributed by atoms with Crippen LogP contribution in [0.25, 0.3) is 0 Å². The van der Waals surface area contributed by atoms with Crippen LogP contribution in [0.3, 0.4) is 0 Å². The van der Waals surface area contributed by atoms with Gasteiger partial charge in [-0.05, 0) is 73.1 Å². The summed E-state index contributed by atoms with van der Waals surface area (Å²) in [6, 6.07) is 0. The summed E-state index contributed by atoms with van der Waals surface area (Å²) in [6.07, 6.45) is 5.23. The maximum Gasteiger partial charge on any atom is 0.225 e. The number of nitrogens with two attached hydrogens (primary N) is 2. The highest BCUT2D eigenvalue weighted by Crippen LogP contribution is 2.06. The van der Waals surface area contributed by atoms with Gasteiger partial charge in [0.15, 0.2) is 0 Å². The lowest BCUT2D eigenvalue weighted by Crippen LogP contribution is -2.43. The lowest BCUT2D eigenvalue weighted by Gasteiger charge is -2.22. The molecule has 0 saturated carbocycles. The number of nitrogens with one attached hydrogen (secondary N) is 4. The minimum Gasteiger partial charge on any atom is -0.395 e. The summed E-state index contributed by atoms with van der Waals surface area (Å²) in [4.78, 5) is 67.4. The average Bonchev–Trinajstić information content (AvgIpc) is 3.20. The quantitative estimate of drug-likeness (QED) is 0.0839. The van der Waals surface area contributed by atoms with Crippen LogP contribution >= 0.6 is 0 Å². The molecule has 0 aromatic heterocycles. The summed E-state index contributed by atoms with van der Waals surface area (Å²) in [5.74, 6) is 0.837. The first-order chi connectivity index (χ1) is 26.9. The minimum absolute atomic E-state index is 0.0112. The zero-order chi connectivity index (χ0) is 47.0. The molecule has 6 atom stereocenters. The van der Waals surface area contributed by atoms with E-state index >= 15 is 0 Å². The van der Waals surface area contributed by atoms with Crippen molar-refractivity contribution in [2.75, 3.05) is 46.1 Å². The molecule has 15 heteroatoms. The Bertz CT molecular complexity index is 1010. The summed E-state index contributed by atoms with van der Waals surface area (Å²) in [5.41, 5.74) is 10.0. The topological polar surface area (TPSA) is 246 Å². The van der Waals surface area contributed by atoms with Crippen LogP contribution in [0.1, 0.15) is 156 Å². The molecule has 0 spiro atoms. The Balaban J connectivity index is -0.000000141. The Kier molecular flexibility index (Phi) is 49.6. The zero-order valence-corrected chi connectivity index (χ0v) is 40.1. The molecule has 0 saturated heterocycles. The van der Waals surface area contributed by atoms with Gasteiger partial charge in [-0.2, -0.15) is 0 Å². The number of hydrogen-bond donors (Lipinski definition) is 8. The first-order valence-electron chi connectivity index (χ1n) is 21.5. The molecular weight excluding hydrogens is 743 g/mol. The second-order valence-electron chi connectivity index (χ2n) is 15.3. The molecule has 6 amide bonds. The standard InChI is InChI=1S/2C9H19NO.C7H16N2O.C7H15NO2.C6H13NO2.C5H11NO/c1-6-7(2)8(11)10-9(3,4)5;1-5-8(4)9(11)10(6-2)7-3;1-3-6(2)7(10)9-5-4-8;1-3-6(2)7(10)8-4-5-9;1-3-5(2)6(9)7-4-8;1-3-4(2)5(6)7/h7H,6H2,1-5H3,(H,10,11);8H,5-7H2,1-4H3;6H,3-5,8H2,1-2H3,(H,9,10);6,9H,3-5H2,1-2H3,(H,8,10);5,8H,3-4H2,1-2H3,(H,7,9);4H,3H2,1-2H3,(H2,6,7). The van der Waals surface area contributed by atoms with E-state index in [4.69, 9.17) is 21.7 Å². The van der Waals surface area contributed by atoms with Crippen molar-refractivity contribution >= 4 is 35.4 Å². The minimum atomic E-state index is -0.261. The maximum atomic E-state index is 11.5. The number of amides is 6. The molecule has 6 unspecified atom stereocenters. The van der Waals surface area contributed by atoms with Gasteiger partial charge in [0, 0.05) is 73.8 Å². The SMILES string of the molecule is CCC(C)C(=O)N(CC)CC.CCC(C)C(=O)NC(C)(C)C.CCC(C)C(=O)NCCN.CCC(C)C(=O)NCCO.CCC(C)C(=O)NCO.CCC(C)C(N)=O. The van der Waals surface area contributed by atoms with Gasteiger partial charge in [0.2, 0.25) is 35.4 Å². The summed E-state index contributed by atoms with van der Waals surface area (Å²) >= 11 is 0.